The monoisotopic (exact) mass is 271 g/mol. The normalized spacial score (nSPS) is 10.8. The van der Waals surface area contributed by atoms with Crippen LogP contribution in [0.5, 0.6) is 0 Å². The van der Waals surface area contributed by atoms with Crippen LogP contribution in [0.2, 0.25) is 5.15 Å². The summed E-state index contributed by atoms with van der Waals surface area (Å²) >= 11 is 5.77. The van der Waals surface area contributed by atoms with Crippen LogP contribution in [0.4, 0.5) is 5.69 Å². The predicted molar refractivity (Wildman–Crippen MR) is 79.5 cm³/mol. The molecule has 0 bridgehead atoms. The van der Waals surface area contributed by atoms with E-state index in [1.165, 1.54) is 16.5 Å². The lowest BCUT2D eigenvalue weighted by Crippen LogP contribution is -1.99. The number of hydrogen-bond acceptors (Lipinski definition) is 2. The van der Waals surface area contributed by atoms with Crippen LogP contribution in [0.15, 0.2) is 48.8 Å². The van der Waals surface area contributed by atoms with Crippen molar-refractivity contribution in [3.8, 4) is 0 Å². The maximum absolute atomic E-state index is 5.77. The maximum Gasteiger partial charge on any atom is 0.129 e. The molecule has 3 aromatic rings. The zero-order chi connectivity index (χ0) is 13.2. The van der Waals surface area contributed by atoms with E-state index in [0.717, 1.165) is 12.2 Å². The van der Waals surface area contributed by atoms with Gasteiger partial charge in [-0.2, -0.15) is 0 Å². The first-order valence-electron chi connectivity index (χ1n) is 6.12. The summed E-state index contributed by atoms with van der Waals surface area (Å²) in [5.74, 6) is 0. The zero-order valence-corrected chi connectivity index (χ0v) is 11.4. The molecular weight excluding hydrogens is 258 g/mol. The molecule has 3 rings (SSSR count). The van der Waals surface area contributed by atoms with Gasteiger partial charge in [-0.05, 0) is 23.8 Å². The van der Waals surface area contributed by atoms with E-state index < -0.39 is 0 Å². The van der Waals surface area contributed by atoms with Crippen molar-refractivity contribution in [2.45, 2.75) is 6.54 Å². The largest absolute Gasteiger partial charge is 0.380 e. The third-order valence-corrected chi connectivity index (χ3v) is 3.41. The van der Waals surface area contributed by atoms with Gasteiger partial charge in [0, 0.05) is 30.7 Å². The van der Waals surface area contributed by atoms with Crippen LogP contribution in [0.1, 0.15) is 5.56 Å². The maximum atomic E-state index is 5.77. The summed E-state index contributed by atoms with van der Waals surface area (Å²) in [5.41, 5.74) is 3.49. The molecule has 0 saturated carbocycles. The lowest BCUT2D eigenvalue weighted by atomic mass is 10.2. The summed E-state index contributed by atoms with van der Waals surface area (Å²) < 4.78 is 2.15. The molecule has 0 saturated heterocycles. The van der Waals surface area contributed by atoms with Gasteiger partial charge in [0.05, 0.1) is 11.9 Å². The molecule has 0 atom stereocenters. The number of nitrogens with one attached hydrogen (secondary N) is 1. The number of aryl methyl sites for hydroxylation is 1. The first-order chi connectivity index (χ1) is 9.24. The Hall–Kier alpha value is -2.00. The zero-order valence-electron chi connectivity index (χ0n) is 10.6. The molecule has 1 aromatic carbocycles. The second-order valence-electron chi connectivity index (χ2n) is 4.51. The molecule has 96 valence electrons. The summed E-state index contributed by atoms with van der Waals surface area (Å²) in [7, 11) is 2.07. The summed E-state index contributed by atoms with van der Waals surface area (Å²) in [4.78, 5) is 4.06. The lowest BCUT2D eigenvalue weighted by molar-refractivity contribution is 0.955. The molecule has 0 radical (unpaired) electrons. The van der Waals surface area contributed by atoms with Crippen LogP contribution in [0.3, 0.4) is 0 Å². The minimum atomic E-state index is 0.510. The van der Waals surface area contributed by atoms with Crippen LogP contribution in [-0.4, -0.2) is 9.55 Å². The van der Waals surface area contributed by atoms with Gasteiger partial charge in [-0.3, -0.25) is 0 Å². The number of para-hydroxylation sites is 1. The standard InChI is InChI=1S/C15H14ClN3/c1-19-10-11(13-4-2-3-5-14(13)19)8-17-12-6-7-15(16)18-9-12/h2-7,9-10,17H,8H2,1H3. The molecule has 3 nitrogen and oxygen atoms in total. The van der Waals surface area contributed by atoms with Crippen molar-refractivity contribution in [3.63, 3.8) is 0 Å². The fourth-order valence-corrected chi connectivity index (χ4v) is 2.36. The van der Waals surface area contributed by atoms with Crippen LogP contribution in [0.25, 0.3) is 10.9 Å². The highest BCUT2D eigenvalue weighted by Gasteiger charge is 2.05. The molecule has 0 aliphatic heterocycles. The Morgan fingerprint density at radius 1 is 1.21 bits per heavy atom. The summed E-state index contributed by atoms with van der Waals surface area (Å²) in [6.45, 7) is 0.769. The van der Waals surface area contributed by atoms with Gasteiger partial charge in [0.2, 0.25) is 0 Å². The van der Waals surface area contributed by atoms with E-state index in [1.807, 2.05) is 6.07 Å². The highest BCUT2D eigenvalue weighted by atomic mass is 35.5. The average molecular weight is 272 g/mol. The molecule has 2 aromatic heterocycles. The second kappa shape index (κ2) is 4.94. The van der Waals surface area contributed by atoms with E-state index in [4.69, 9.17) is 11.6 Å². The van der Waals surface area contributed by atoms with Gasteiger partial charge < -0.3 is 9.88 Å². The third kappa shape index (κ3) is 2.42. The van der Waals surface area contributed by atoms with Crippen molar-refractivity contribution >= 4 is 28.2 Å². The van der Waals surface area contributed by atoms with Gasteiger partial charge in [0.15, 0.2) is 0 Å². The molecule has 2 heterocycles. The van der Waals surface area contributed by atoms with Crippen LogP contribution >= 0.6 is 11.6 Å². The van der Waals surface area contributed by atoms with Crippen LogP contribution in [0, 0.1) is 0 Å². The number of anilines is 1. The van der Waals surface area contributed by atoms with Gasteiger partial charge in [-0.15, -0.1) is 0 Å². The summed E-state index contributed by atoms with van der Waals surface area (Å²) in [5, 5.41) is 5.15. The van der Waals surface area contributed by atoms with E-state index >= 15 is 0 Å². The van der Waals surface area contributed by atoms with Crippen molar-refractivity contribution in [1.29, 1.82) is 0 Å². The van der Waals surface area contributed by atoms with Crippen molar-refractivity contribution in [3.05, 3.63) is 59.5 Å². The highest BCUT2D eigenvalue weighted by molar-refractivity contribution is 6.29. The number of rotatable bonds is 3. The average Bonchev–Trinajstić information content (AvgIpc) is 2.76. The van der Waals surface area contributed by atoms with Crippen molar-refractivity contribution < 1.29 is 0 Å². The van der Waals surface area contributed by atoms with E-state index in [1.54, 1.807) is 12.3 Å². The number of fused-ring (bicyclic) bond motifs is 1. The fraction of sp³-hybridized carbons (Fsp3) is 0.133. The quantitative estimate of drug-likeness (QED) is 0.734. The van der Waals surface area contributed by atoms with Crippen molar-refractivity contribution in [2.75, 3.05) is 5.32 Å². The Kier molecular flexibility index (Phi) is 3.13. The lowest BCUT2D eigenvalue weighted by Gasteiger charge is -2.04. The SMILES string of the molecule is Cn1cc(CNc2ccc(Cl)nc2)c2ccccc21. The topological polar surface area (TPSA) is 29.9 Å². The van der Waals surface area contributed by atoms with Crippen LogP contribution < -0.4 is 5.32 Å². The molecule has 0 fully saturated rings. The molecule has 19 heavy (non-hydrogen) atoms. The minimum absolute atomic E-state index is 0.510. The Morgan fingerprint density at radius 3 is 2.84 bits per heavy atom. The Labute approximate surface area is 116 Å². The van der Waals surface area contributed by atoms with E-state index in [-0.39, 0.29) is 0 Å². The molecule has 0 unspecified atom stereocenters. The number of nitrogens with zero attached hydrogens (tertiary/aromatic N) is 2. The molecule has 0 aliphatic rings. The summed E-state index contributed by atoms with van der Waals surface area (Å²) in [6, 6.07) is 12.1. The van der Waals surface area contributed by atoms with Crippen molar-refractivity contribution in [1.82, 2.24) is 9.55 Å². The number of benzene rings is 1. The third-order valence-electron chi connectivity index (χ3n) is 3.19. The molecule has 0 spiro atoms. The Balaban J connectivity index is 1.84. The first-order valence-corrected chi connectivity index (χ1v) is 6.50. The first kappa shape index (κ1) is 12.1. The van der Waals surface area contributed by atoms with Gasteiger partial charge >= 0.3 is 0 Å². The molecule has 4 heteroatoms. The van der Waals surface area contributed by atoms with Gasteiger partial charge in [-0.1, -0.05) is 29.8 Å². The smallest absolute Gasteiger partial charge is 0.129 e. The van der Waals surface area contributed by atoms with E-state index in [9.17, 15) is 0 Å². The molecular formula is C15H14ClN3. The Bertz CT molecular complexity index is 701. The number of halogens is 1. The predicted octanol–water partition coefficient (Wildman–Crippen LogP) is 3.84. The van der Waals surface area contributed by atoms with E-state index in [2.05, 4.69) is 52.4 Å². The van der Waals surface area contributed by atoms with Gasteiger partial charge in [-0.25, -0.2) is 4.98 Å². The fourth-order valence-electron chi connectivity index (χ4n) is 2.24. The van der Waals surface area contributed by atoms with Gasteiger partial charge in [0.25, 0.3) is 0 Å². The van der Waals surface area contributed by atoms with Crippen molar-refractivity contribution in [2.24, 2.45) is 7.05 Å². The second-order valence-corrected chi connectivity index (χ2v) is 4.89. The Morgan fingerprint density at radius 2 is 2.05 bits per heavy atom. The molecule has 1 N–H and O–H groups in total. The molecule has 0 aliphatic carbocycles. The summed E-state index contributed by atoms with van der Waals surface area (Å²) in [6.07, 6.45) is 3.90. The van der Waals surface area contributed by atoms with Crippen LogP contribution in [-0.2, 0) is 13.6 Å². The molecule has 0 amide bonds. The highest BCUT2D eigenvalue weighted by Crippen LogP contribution is 2.21. The van der Waals surface area contributed by atoms with Gasteiger partial charge in [0.1, 0.15) is 5.15 Å². The minimum Gasteiger partial charge on any atom is -0.380 e. The number of pyridine rings is 1. The number of hydrogen-bond donors (Lipinski definition) is 1. The van der Waals surface area contributed by atoms with E-state index in [0.29, 0.717) is 5.15 Å². The number of aromatic nitrogens is 2.